The third-order valence-corrected chi connectivity index (χ3v) is 5.07. The Morgan fingerprint density at radius 2 is 2.18 bits per heavy atom. The summed E-state index contributed by atoms with van der Waals surface area (Å²) in [5.74, 6) is 0.949. The number of imide groups is 1. The van der Waals surface area contributed by atoms with Crippen molar-refractivity contribution in [3.63, 3.8) is 0 Å². The number of hydrogen-bond acceptors (Lipinski definition) is 5. The molecule has 0 saturated carbocycles. The van der Waals surface area contributed by atoms with Gasteiger partial charge in [-0.25, -0.2) is 13.2 Å². The Kier molecular flexibility index (Phi) is 3.11. The number of rotatable bonds is 3. The quantitative estimate of drug-likeness (QED) is 0.701. The Hall–Kier alpha value is -0.760. The van der Waals surface area contributed by atoms with E-state index in [2.05, 4.69) is 5.32 Å². The van der Waals surface area contributed by atoms with Gasteiger partial charge in [0.25, 0.3) is 5.91 Å². The van der Waals surface area contributed by atoms with Gasteiger partial charge in [0.1, 0.15) is 15.4 Å². The summed E-state index contributed by atoms with van der Waals surface area (Å²) in [7, 11) is -3.17. The molecule has 0 aromatic heterocycles. The highest BCUT2D eigenvalue weighted by atomic mass is 32.2. The van der Waals surface area contributed by atoms with Crippen molar-refractivity contribution in [2.45, 2.75) is 12.0 Å². The minimum atomic E-state index is -3.17. The lowest BCUT2D eigenvalue weighted by molar-refractivity contribution is -0.130. The summed E-state index contributed by atoms with van der Waals surface area (Å²) in [6.07, 6.45) is 1.71. The van der Waals surface area contributed by atoms with E-state index in [1.807, 2.05) is 0 Å². The van der Waals surface area contributed by atoms with Gasteiger partial charge in [-0.2, -0.15) is 11.8 Å². The van der Waals surface area contributed by atoms with Gasteiger partial charge in [-0.1, -0.05) is 0 Å². The first-order valence-corrected chi connectivity index (χ1v) is 8.45. The molecule has 2 fully saturated rings. The molecule has 0 bridgehead atoms. The number of nitrogens with one attached hydrogen (secondary N) is 1. The van der Waals surface area contributed by atoms with Crippen LogP contribution in [-0.4, -0.2) is 60.9 Å². The van der Waals surface area contributed by atoms with Crippen molar-refractivity contribution in [2.75, 3.05) is 30.1 Å². The van der Waals surface area contributed by atoms with E-state index >= 15 is 0 Å². The molecule has 2 aliphatic rings. The third kappa shape index (κ3) is 2.42. The molecule has 0 radical (unpaired) electrons. The monoisotopic (exact) mass is 278 g/mol. The Bertz CT molecular complexity index is 454. The lowest BCUT2D eigenvalue weighted by Gasteiger charge is -2.18. The van der Waals surface area contributed by atoms with Crippen molar-refractivity contribution in [2.24, 2.45) is 0 Å². The molecule has 0 unspecified atom stereocenters. The molecule has 2 saturated heterocycles. The number of hydrogen-bond donors (Lipinski definition) is 1. The average Bonchev–Trinajstić information content (AvgIpc) is 2.73. The molecular weight excluding hydrogens is 264 g/mol. The van der Waals surface area contributed by atoms with E-state index in [-0.39, 0.29) is 18.2 Å². The van der Waals surface area contributed by atoms with E-state index in [1.54, 1.807) is 11.8 Å². The summed E-state index contributed by atoms with van der Waals surface area (Å²) < 4.78 is 22.1. The minimum absolute atomic E-state index is 0.0596. The molecule has 1 spiro atoms. The van der Waals surface area contributed by atoms with Gasteiger partial charge < -0.3 is 5.32 Å². The SMILES string of the molecule is CS(=O)(=O)CCN1C(=O)N[C@@]2(CCSC2)C1=O. The zero-order valence-corrected chi connectivity index (χ0v) is 11.1. The molecule has 96 valence electrons. The van der Waals surface area contributed by atoms with Gasteiger partial charge in [0.05, 0.1) is 5.75 Å². The number of sulfone groups is 1. The van der Waals surface area contributed by atoms with E-state index < -0.39 is 21.4 Å². The number of carbonyl (C=O) groups excluding carboxylic acids is 2. The van der Waals surface area contributed by atoms with Gasteiger partial charge in [0.2, 0.25) is 0 Å². The first-order chi connectivity index (χ1) is 7.84. The van der Waals surface area contributed by atoms with Gasteiger partial charge in [-0.3, -0.25) is 9.69 Å². The van der Waals surface area contributed by atoms with E-state index in [9.17, 15) is 18.0 Å². The van der Waals surface area contributed by atoms with Crippen molar-refractivity contribution in [3.05, 3.63) is 0 Å². The maximum absolute atomic E-state index is 12.1. The molecule has 1 atom stereocenters. The smallest absolute Gasteiger partial charge is 0.322 e. The van der Waals surface area contributed by atoms with Crippen LogP contribution >= 0.6 is 11.8 Å². The highest BCUT2D eigenvalue weighted by Gasteiger charge is 2.52. The van der Waals surface area contributed by atoms with E-state index in [0.717, 1.165) is 16.9 Å². The average molecular weight is 278 g/mol. The van der Waals surface area contributed by atoms with E-state index in [4.69, 9.17) is 0 Å². The van der Waals surface area contributed by atoms with Gasteiger partial charge in [0.15, 0.2) is 0 Å². The van der Waals surface area contributed by atoms with Crippen molar-refractivity contribution in [1.29, 1.82) is 0 Å². The number of nitrogens with zero attached hydrogens (tertiary/aromatic N) is 1. The van der Waals surface area contributed by atoms with Crippen LogP contribution in [0, 0.1) is 0 Å². The minimum Gasteiger partial charge on any atom is -0.322 e. The number of carbonyl (C=O) groups is 2. The summed E-state index contributed by atoms with van der Waals surface area (Å²) in [5, 5.41) is 2.69. The molecular formula is C9H14N2O4S2. The molecule has 0 aromatic rings. The summed E-state index contributed by atoms with van der Waals surface area (Å²) in [6.45, 7) is -0.0596. The second-order valence-corrected chi connectivity index (χ2v) is 7.77. The molecule has 3 amide bonds. The first-order valence-electron chi connectivity index (χ1n) is 5.24. The summed E-state index contributed by atoms with van der Waals surface area (Å²) in [6, 6.07) is -0.471. The number of urea groups is 1. The van der Waals surface area contributed by atoms with E-state index in [1.165, 1.54) is 0 Å². The van der Waals surface area contributed by atoms with Crippen LogP contribution in [0.25, 0.3) is 0 Å². The highest BCUT2D eigenvalue weighted by molar-refractivity contribution is 7.99. The first kappa shape index (κ1) is 12.7. The molecule has 17 heavy (non-hydrogen) atoms. The second-order valence-electron chi connectivity index (χ2n) is 4.40. The lowest BCUT2D eigenvalue weighted by Crippen LogP contribution is -2.47. The summed E-state index contributed by atoms with van der Waals surface area (Å²) >= 11 is 1.62. The largest absolute Gasteiger partial charge is 0.325 e. The van der Waals surface area contributed by atoms with Crippen molar-refractivity contribution in [1.82, 2.24) is 10.2 Å². The fraction of sp³-hybridized carbons (Fsp3) is 0.778. The topological polar surface area (TPSA) is 83.6 Å². The fourth-order valence-corrected chi connectivity index (χ4v) is 3.81. The molecule has 8 heteroatoms. The predicted octanol–water partition coefficient (Wildman–Crippen LogP) is -0.541. The number of thioether (sulfide) groups is 1. The van der Waals surface area contributed by atoms with Gasteiger partial charge in [-0.15, -0.1) is 0 Å². The van der Waals surface area contributed by atoms with Gasteiger partial charge >= 0.3 is 6.03 Å². The van der Waals surface area contributed by atoms with Crippen LogP contribution in [0.15, 0.2) is 0 Å². The van der Waals surface area contributed by atoms with Crippen molar-refractivity contribution >= 4 is 33.5 Å². The van der Waals surface area contributed by atoms with Crippen molar-refractivity contribution in [3.8, 4) is 0 Å². The van der Waals surface area contributed by atoms with Crippen LogP contribution in [0.5, 0.6) is 0 Å². The maximum atomic E-state index is 12.1. The van der Waals surface area contributed by atoms with Gasteiger partial charge in [-0.05, 0) is 12.2 Å². The Morgan fingerprint density at radius 1 is 1.47 bits per heavy atom. The van der Waals surface area contributed by atoms with Crippen LogP contribution in [0.1, 0.15) is 6.42 Å². The van der Waals surface area contributed by atoms with Crippen LogP contribution in [0.2, 0.25) is 0 Å². The molecule has 1 N–H and O–H groups in total. The Labute approximate surface area is 104 Å². The van der Waals surface area contributed by atoms with Crippen molar-refractivity contribution < 1.29 is 18.0 Å². The molecule has 2 heterocycles. The van der Waals surface area contributed by atoms with Crippen LogP contribution < -0.4 is 5.32 Å². The van der Waals surface area contributed by atoms with E-state index in [0.29, 0.717) is 12.2 Å². The zero-order chi connectivity index (χ0) is 12.7. The maximum Gasteiger partial charge on any atom is 0.325 e. The van der Waals surface area contributed by atoms with Crippen LogP contribution in [0.4, 0.5) is 4.79 Å². The summed E-state index contributed by atoms with van der Waals surface area (Å²) in [4.78, 5) is 24.8. The molecule has 2 aliphatic heterocycles. The lowest BCUT2D eigenvalue weighted by atomic mass is 9.99. The standard InChI is InChI=1S/C9H14N2O4S2/c1-17(14,15)5-3-11-7(12)9(10-8(11)13)2-4-16-6-9/h2-6H2,1H3,(H,10,13)/t9-/m1/s1. The second kappa shape index (κ2) is 4.16. The summed E-state index contributed by atoms with van der Waals surface area (Å²) in [5.41, 5.74) is -0.779. The molecule has 0 aromatic carbocycles. The molecule has 0 aliphatic carbocycles. The predicted molar refractivity (Wildman–Crippen MR) is 64.6 cm³/mol. The zero-order valence-electron chi connectivity index (χ0n) is 9.43. The van der Waals surface area contributed by atoms with Crippen LogP contribution in [-0.2, 0) is 14.6 Å². The molecule has 2 rings (SSSR count). The Morgan fingerprint density at radius 3 is 2.71 bits per heavy atom. The fourth-order valence-electron chi connectivity index (χ4n) is 1.97. The van der Waals surface area contributed by atoms with Crippen LogP contribution in [0.3, 0.4) is 0 Å². The molecule has 6 nitrogen and oxygen atoms in total. The Balaban J connectivity index is 2.09. The number of amides is 3. The highest BCUT2D eigenvalue weighted by Crippen LogP contribution is 2.33. The normalized spacial score (nSPS) is 29.1. The van der Waals surface area contributed by atoms with Gasteiger partial charge in [0, 0.05) is 18.6 Å². The third-order valence-electron chi connectivity index (χ3n) is 2.95.